The summed E-state index contributed by atoms with van der Waals surface area (Å²) in [7, 11) is 0. The van der Waals surface area contributed by atoms with Crippen LogP contribution in [0.1, 0.15) is 24.3 Å². The highest BCUT2D eigenvalue weighted by atomic mass is 16.6. The number of hydrogen-bond acceptors (Lipinski definition) is 6. The maximum absolute atomic E-state index is 13.1. The number of likely N-dealkylation sites (tertiary alicyclic amines) is 1. The summed E-state index contributed by atoms with van der Waals surface area (Å²) in [6.45, 7) is 3.66. The standard InChI is InChI=1S/C24H25N3O4/c1-16-7-2-3-9-18(16)23-25-22(31-26-23)13-17-8-6-12-27(14-17)24(28)21-15-29-19-10-4-5-11-20(19)30-21/h2-5,7,9-11,17,21H,6,8,12-15H2,1H3. The first-order valence-corrected chi connectivity index (χ1v) is 10.7. The highest BCUT2D eigenvalue weighted by Gasteiger charge is 2.34. The molecule has 160 valence electrons. The van der Waals surface area contributed by atoms with Crippen molar-refractivity contribution in [1.82, 2.24) is 15.0 Å². The fourth-order valence-electron chi connectivity index (χ4n) is 4.29. The molecule has 2 aliphatic heterocycles. The zero-order valence-corrected chi connectivity index (χ0v) is 17.5. The number of aromatic nitrogens is 2. The maximum atomic E-state index is 13.1. The van der Waals surface area contributed by atoms with Crippen LogP contribution < -0.4 is 9.47 Å². The van der Waals surface area contributed by atoms with Crippen molar-refractivity contribution < 1.29 is 18.8 Å². The molecule has 0 aliphatic carbocycles. The molecule has 1 saturated heterocycles. The minimum absolute atomic E-state index is 0.0228. The van der Waals surface area contributed by atoms with Crippen LogP contribution in [0.5, 0.6) is 11.5 Å². The van der Waals surface area contributed by atoms with Crippen LogP contribution in [0, 0.1) is 12.8 Å². The minimum atomic E-state index is -0.607. The zero-order valence-electron chi connectivity index (χ0n) is 17.5. The average molecular weight is 419 g/mol. The molecule has 2 aliphatic rings. The van der Waals surface area contributed by atoms with E-state index in [0.29, 0.717) is 36.2 Å². The van der Waals surface area contributed by atoms with Gasteiger partial charge in [-0.05, 0) is 43.4 Å². The van der Waals surface area contributed by atoms with Gasteiger partial charge in [-0.25, -0.2) is 0 Å². The number of benzene rings is 2. The Morgan fingerprint density at radius 1 is 1.13 bits per heavy atom. The van der Waals surface area contributed by atoms with Crippen LogP contribution in [-0.2, 0) is 11.2 Å². The number of ether oxygens (including phenoxy) is 2. The van der Waals surface area contributed by atoms with Gasteiger partial charge in [0.05, 0.1) is 0 Å². The molecule has 1 amide bonds. The van der Waals surface area contributed by atoms with Gasteiger partial charge in [-0.3, -0.25) is 4.79 Å². The van der Waals surface area contributed by atoms with Crippen LogP contribution in [0.2, 0.25) is 0 Å². The van der Waals surface area contributed by atoms with E-state index >= 15 is 0 Å². The van der Waals surface area contributed by atoms with Crippen LogP contribution in [0.25, 0.3) is 11.4 Å². The lowest BCUT2D eigenvalue weighted by atomic mass is 9.94. The Balaban J connectivity index is 1.22. The summed E-state index contributed by atoms with van der Waals surface area (Å²) in [4.78, 5) is 19.5. The van der Waals surface area contributed by atoms with Gasteiger partial charge in [-0.15, -0.1) is 0 Å². The molecule has 1 fully saturated rings. The molecule has 0 bridgehead atoms. The van der Waals surface area contributed by atoms with Gasteiger partial charge in [0, 0.05) is 25.1 Å². The number of nitrogens with zero attached hydrogens (tertiary/aromatic N) is 3. The quantitative estimate of drug-likeness (QED) is 0.642. The molecule has 31 heavy (non-hydrogen) atoms. The first kappa shape index (κ1) is 19.6. The highest BCUT2D eigenvalue weighted by Crippen LogP contribution is 2.32. The van der Waals surface area contributed by atoms with E-state index in [1.54, 1.807) is 0 Å². The normalized spacial score (nSPS) is 20.5. The second-order valence-electron chi connectivity index (χ2n) is 8.19. The van der Waals surface area contributed by atoms with Gasteiger partial charge in [0.25, 0.3) is 5.91 Å². The molecule has 0 N–H and O–H groups in total. The lowest BCUT2D eigenvalue weighted by Gasteiger charge is -2.35. The van der Waals surface area contributed by atoms with Crippen molar-refractivity contribution in [3.63, 3.8) is 0 Å². The third-order valence-corrected chi connectivity index (χ3v) is 5.93. The van der Waals surface area contributed by atoms with Crippen LogP contribution in [-0.4, -0.2) is 46.7 Å². The van der Waals surface area contributed by atoms with Crippen molar-refractivity contribution in [3.05, 3.63) is 60.0 Å². The van der Waals surface area contributed by atoms with Crippen molar-refractivity contribution in [2.45, 2.75) is 32.3 Å². The Bertz CT molecular complexity index is 1080. The van der Waals surface area contributed by atoms with Gasteiger partial charge in [0.1, 0.15) is 6.61 Å². The molecule has 3 aromatic rings. The summed E-state index contributed by atoms with van der Waals surface area (Å²) >= 11 is 0. The topological polar surface area (TPSA) is 77.7 Å². The summed E-state index contributed by atoms with van der Waals surface area (Å²) in [6.07, 6.45) is 2.02. The smallest absolute Gasteiger partial charge is 0.267 e. The molecule has 0 spiro atoms. The molecule has 0 radical (unpaired) electrons. The number of fused-ring (bicyclic) bond motifs is 1. The Hall–Kier alpha value is -3.35. The molecule has 5 rings (SSSR count). The Labute approximate surface area is 181 Å². The van der Waals surface area contributed by atoms with Gasteiger partial charge < -0.3 is 18.9 Å². The monoisotopic (exact) mass is 419 g/mol. The summed E-state index contributed by atoms with van der Waals surface area (Å²) in [6, 6.07) is 15.4. The Morgan fingerprint density at radius 2 is 1.94 bits per heavy atom. The first-order valence-electron chi connectivity index (χ1n) is 10.7. The molecule has 7 heteroatoms. The number of rotatable bonds is 4. The molecular weight excluding hydrogens is 394 g/mol. The van der Waals surface area contributed by atoms with E-state index in [-0.39, 0.29) is 18.4 Å². The second-order valence-corrected chi connectivity index (χ2v) is 8.19. The average Bonchev–Trinajstić information content (AvgIpc) is 3.27. The van der Waals surface area contributed by atoms with Gasteiger partial charge in [-0.1, -0.05) is 41.6 Å². The minimum Gasteiger partial charge on any atom is -0.485 e. The number of aryl methyl sites for hydroxylation is 1. The van der Waals surface area contributed by atoms with E-state index < -0.39 is 6.10 Å². The van der Waals surface area contributed by atoms with Crippen LogP contribution in [0.15, 0.2) is 53.1 Å². The predicted octanol–water partition coefficient (Wildman–Crippen LogP) is 3.67. The van der Waals surface area contributed by atoms with Crippen molar-refractivity contribution in [1.29, 1.82) is 0 Å². The molecule has 2 aromatic carbocycles. The Kier molecular flexibility index (Phi) is 5.32. The third kappa shape index (κ3) is 4.13. The number of para-hydroxylation sites is 2. The molecule has 0 saturated carbocycles. The summed E-state index contributed by atoms with van der Waals surface area (Å²) in [5.41, 5.74) is 2.09. The molecule has 3 heterocycles. The Morgan fingerprint density at radius 3 is 2.81 bits per heavy atom. The first-order chi connectivity index (χ1) is 15.2. The van der Waals surface area contributed by atoms with E-state index in [1.165, 1.54) is 0 Å². The number of carbonyl (C=O) groups is 1. The zero-order chi connectivity index (χ0) is 21.2. The number of carbonyl (C=O) groups excluding carboxylic acids is 1. The SMILES string of the molecule is Cc1ccccc1-c1noc(CC2CCCN(C(=O)C3COc4ccccc4O3)C2)n1. The third-order valence-electron chi connectivity index (χ3n) is 5.93. The molecular formula is C24H25N3O4. The van der Waals surface area contributed by atoms with Gasteiger partial charge in [0.15, 0.2) is 11.5 Å². The van der Waals surface area contributed by atoms with Gasteiger partial charge in [0.2, 0.25) is 17.8 Å². The number of hydrogen-bond donors (Lipinski definition) is 0. The van der Waals surface area contributed by atoms with E-state index in [2.05, 4.69) is 10.1 Å². The number of amides is 1. The van der Waals surface area contributed by atoms with Gasteiger partial charge in [-0.2, -0.15) is 4.98 Å². The lowest BCUT2D eigenvalue weighted by molar-refractivity contribution is -0.143. The van der Waals surface area contributed by atoms with Crippen molar-refractivity contribution in [2.75, 3.05) is 19.7 Å². The summed E-state index contributed by atoms with van der Waals surface area (Å²) < 4.78 is 17.1. The van der Waals surface area contributed by atoms with Crippen LogP contribution >= 0.6 is 0 Å². The molecule has 2 atom stereocenters. The fourth-order valence-corrected chi connectivity index (χ4v) is 4.29. The van der Waals surface area contributed by atoms with Crippen molar-refractivity contribution >= 4 is 5.91 Å². The highest BCUT2D eigenvalue weighted by molar-refractivity contribution is 5.82. The van der Waals surface area contributed by atoms with Crippen molar-refractivity contribution in [2.24, 2.45) is 5.92 Å². The molecule has 1 aromatic heterocycles. The predicted molar refractivity (Wildman–Crippen MR) is 114 cm³/mol. The summed E-state index contributed by atoms with van der Waals surface area (Å²) in [5, 5.41) is 4.16. The molecule has 2 unspecified atom stereocenters. The largest absolute Gasteiger partial charge is 0.485 e. The van der Waals surface area contributed by atoms with E-state index in [9.17, 15) is 4.79 Å². The second kappa shape index (κ2) is 8.41. The maximum Gasteiger partial charge on any atom is 0.267 e. The lowest BCUT2D eigenvalue weighted by Crippen LogP contribution is -2.50. The van der Waals surface area contributed by atoms with Crippen molar-refractivity contribution in [3.8, 4) is 22.9 Å². The van der Waals surface area contributed by atoms with E-state index in [1.807, 2.05) is 60.4 Å². The van der Waals surface area contributed by atoms with Crippen LogP contribution in [0.3, 0.4) is 0 Å². The van der Waals surface area contributed by atoms with E-state index in [4.69, 9.17) is 14.0 Å². The fraction of sp³-hybridized carbons (Fsp3) is 0.375. The van der Waals surface area contributed by atoms with Gasteiger partial charge >= 0.3 is 0 Å². The summed E-state index contributed by atoms with van der Waals surface area (Å²) in [5.74, 6) is 2.79. The van der Waals surface area contributed by atoms with E-state index in [0.717, 1.165) is 30.5 Å². The van der Waals surface area contributed by atoms with Crippen LogP contribution in [0.4, 0.5) is 0 Å². The number of piperidine rings is 1. The molecule has 7 nitrogen and oxygen atoms in total.